The maximum atomic E-state index is 7.04. The molecule has 0 radical (unpaired) electrons. The number of hydrogen-bond acceptors (Lipinski definition) is 2. The van der Waals surface area contributed by atoms with Crippen LogP contribution in [0.3, 0.4) is 0 Å². The Kier molecular flexibility index (Phi) is 9.56. The zero-order valence-electron chi connectivity index (χ0n) is 43.3. The van der Waals surface area contributed by atoms with Crippen LogP contribution >= 0.6 is 0 Å². The van der Waals surface area contributed by atoms with Crippen molar-refractivity contribution in [2.75, 3.05) is 5.32 Å². The average molecular weight is 925 g/mol. The molecule has 10 aromatic rings. The zero-order chi connectivity index (χ0) is 48.9. The Hall–Kier alpha value is -6.78. The molecule has 3 nitrogen and oxygen atoms in total. The minimum Gasteiger partial charge on any atom is -0.456 e. The Bertz CT molecular complexity index is 3790. The first kappa shape index (κ1) is 44.2. The first-order valence-corrected chi connectivity index (χ1v) is 26.2. The topological polar surface area (TPSA) is 30.1 Å². The molecule has 4 heteroatoms. The van der Waals surface area contributed by atoms with Gasteiger partial charge in [-0.25, -0.2) is 0 Å². The quantitative estimate of drug-likeness (QED) is 0.133. The van der Waals surface area contributed by atoms with Gasteiger partial charge in [-0.3, -0.25) is 0 Å². The molecular weight excluding hydrogens is 860 g/mol. The molecule has 0 fully saturated rings. The summed E-state index contributed by atoms with van der Waals surface area (Å²) in [5.74, 6) is -0.0340. The summed E-state index contributed by atoms with van der Waals surface area (Å²) in [5, 5.41) is 9.07. The van der Waals surface area contributed by atoms with Gasteiger partial charge in [0, 0.05) is 56.0 Å². The van der Waals surface area contributed by atoms with Crippen molar-refractivity contribution in [3.05, 3.63) is 196 Å². The van der Waals surface area contributed by atoms with Crippen LogP contribution < -0.4 is 16.2 Å². The van der Waals surface area contributed by atoms with Gasteiger partial charge in [0.2, 0.25) is 0 Å². The van der Waals surface area contributed by atoms with E-state index in [0.29, 0.717) is 0 Å². The van der Waals surface area contributed by atoms with Gasteiger partial charge >= 0.3 is 0 Å². The fraction of sp³-hybridized carbons (Fsp3) is 0.284. The highest BCUT2D eigenvalue weighted by Gasteiger charge is 2.41. The molecule has 71 heavy (non-hydrogen) atoms. The number of fused-ring (bicyclic) bond motifs is 10. The summed E-state index contributed by atoms with van der Waals surface area (Å²) in [7, 11) is 0.822. The minimum atomic E-state index is -0.0340. The van der Waals surface area contributed by atoms with E-state index in [4.69, 9.17) is 4.42 Å². The molecule has 13 rings (SSSR count). The van der Waals surface area contributed by atoms with Crippen LogP contribution in [0.4, 0.5) is 11.4 Å². The van der Waals surface area contributed by atoms with Gasteiger partial charge in [0.15, 0.2) is 7.28 Å². The molecule has 8 aromatic carbocycles. The number of nitrogens with one attached hydrogen (secondary N) is 1. The van der Waals surface area contributed by atoms with E-state index in [-0.39, 0.29) is 27.6 Å². The van der Waals surface area contributed by atoms with Crippen LogP contribution in [0, 0.1) is 13.8 Å². The largest absolute Gasteiger partial charge is 0.456 e. The van der Waals surface area contributed by atoms with Crippen molar-refractivity contribution in [2.24, 2.45) is 0 Å². The van der Waals surface area contributed by atoms with Gasteiger partial charge in [-0.05, 0) is 166 Å². The first-order valence-electron chi connectivity index (χ1n) is 26.2. The van der Waals surface area contributed by atoms with Crippen LogP contribution in [0.1, 0.15) is 137 Å². The molecule has 3 aliphatic rings. The van der Waals surface area contributed by atoms with Crippen molar-refractivity contribution < 1.29 is 4.42 Å². The Balaban J connectivity index is 1.21. The van der Waals surface area contributed by atoms with Gasteiger partial charge in [0.05, 0.1) is 11.2 Å². The number of benzene rings is 8. The smallest absolute Gasteiger partial charge is 0.198 e. The average Bonchev–Trinajstić information content (AvgIpc) is 3.88. The molecule has 0 atom stereocenters. The number of nitrogens with zero attached hydrogens (tertiary/aromatic N) is 1. The highest BCUT2D eigenvalue weighted by atomic mass is 16.3. The molecular formula is C67H65BN2O. The summed E-state index contributed by atoms with van der Waals surface area (Å²) in [5.41, 5.74) is 25.6. The Morgan fingerprint density at radius 1 is 0.521 bits per heavy atom. The molecule has 0 saturated heterocycles. The SMILES string of the molecule is Cc1ccc(Nc2cc3oc4cc5c(cc4c3cc2-c2cc(C(c3ccccc3)c3ccccc3)c3c4cc6c(cc4n4c3c2Bc2cc(C)ccc2-4)C(C)(C)CCC6(C)C)C(C)(C)CCC5(C)C)cc1. The highest BCUT2D eigenvalue weighted by Crippen LogP contribution is 2.53. The maximum absolute atomic E-state index is 7.04. The summed E-state index contributed by atoms with van der Waals surface area (Å²) >= 11 is 0. The van der Waals surface area contributed by atoms with E-state index < -0.39 is 0 Å². The summed E-state index contributed by atoms with van der Waals surface area (Å²) < 4.78 is 9.73. The van der Waals surface area contributed by atoms with Crippen LogP contribution in [-0.2, 0) is 21.7 Å². The van der Waals surface area contributed by atoms with Crippen LogP contribution in [-0.4, -0.2) is 11.8 Å². The van der Waals surface area contributed by atoms with Crippen molar-refractivity contribution in [2.45, 2.75) is 122 Å². The van der Waals surface area contributed by atoms with Gasteiger partial charge in [-0.1, -0.05) is 157 Å². The van der Waals surface area contributed by atoms with Gasteiger partial charge in [-0.2, -0.15) is 0 Å². The van der Waals surface area contributed by atoms with Crippen LogP contribution in [0.25, 0.3) is 60.6 Å². The summed E-state index contributed by atoms with van der Waals surface area (Å²) in [4.78, 5) is 0. The molecule has 1 aliphatic heterocycles. The molecule has 0 unspecified atom stereocenters. The summed E-state index contributed by atoms with van der Waals surface area (Å²) in [6.45, 7) is 24.0. The van der Waals surface area contributed by atoms with Crippen molar-refractivity contribution in [1.29, 1.82) is 0 Å². The predicted octanol–water partition coefficient (Wildman–Crippen LogP) is 16.3. The number of aryl methyl sites for hydroxylation is 2. The normalized spacial score (nSPS) is 17.1. The van der Waals surface area contributed by atoms with Crippen molar-refractivity contribution in [1.82, 2.24) is 4.57 Å². The lowest BCUT2D eigenvalue weighted by Gasteiger charge is -2.42. The first-order chi connectivity index (χ1) is 34.0. The standard InChI is InChI=1S/C67H65BN2O/c1-39-21-24-43(25-22-39)69-55-38-59-45(46-34-50-53(37-58(46)71-59)67(9,10)30-28-64(50,3)4)32-44(55)47-33-49(60(41-17-13-11-14-18-41)42-19-15-12-16-20-42)61-48-35-51-52(66(7,8)29-27-65(51,5)6)36-57(48)70-56-26-23-40(2)31-54(56)68-62(47)63(61)70/h11-26,31-38,60,68-69H,27-30H2,1-10H3. The number of anilines is 2. The second-order valence-electron chi connectivity index (χ2n) is 24.4. The Morgan fingerprint density at radius 3 is 1.68 bits per heavy atom. The molecule has 0 spiro atoms. The third kappa shape index (κ3) is 6.83. The maximum Gasteiger partial charge on any atom is 0.198 e. The van der Waals surface area contributed by atoms with Crippen molar-refractivity contribution in [3.63, 3.8) is 0 Å². The van der Waals surface area contributed by atoms with Crippen LogP contribution in [0.15, 0.2) is 150 Å². The third-order valence-electron chi connectivity index (χ3n) is 17.8. The molecule has 0 amide bonds. The highest BCUT2D eigenvalue weighted by molar-refractivity contribution is 6.73. The fourth-order valence-corrected chi connectivity index (χ4v) is 13.4. The van der Waals surface area contributed by atoms with Gasteiger partial charge in [-0.15, -0.1) is 0 Å². The van der Waals surface area contributed by atoms with E-state index in [1.165, 1.54) is 111 Å². The molecule has 0 saturated carbocycles. The Labute approximate surface area is 420 Å². The van der Waals surface area contributed by atoms with Gasteiger partial charge in [0.25, 0.3) is 0 Å². The summed E-state index contributed by atoms with van der Waals surface area (Å²) in [6, 6.07) is 56.1. The monoisotopic (exact) mass is 925 g/mol. The van der Waals surface area contributed by atoms with E-state index in [9.17, 15) is 0 Å². The second-order valence-corrected chi connectivity index (χ2v) is 24.4. The third-order valence-corrected chi connectivity index (χ3v) is 17.8. The second kappa shape index (κ2) is 15.4. The lowest BCUT2D eigenvalue weighted by atomic mass is 9.58. The predicted molar refractivity (Wildman–Crippen MR) is 304 cm³/mol. The van der Waals surface area contributed by atoms with E-state index in [0.717, 1.165) is 54.5 Å². The lowest BCUT2D eigenvalue weighted by Crippen LogP contribution is -2.38. The molecule has 1 N–H and O–H groups in total. The van der Waals surface area contributed by atoms with Crippen molar-refractivity contribution >= 4 is 73.3 Å². The Morgan fingerprint density at radius 2 is 1.06 bits per heavy atom. The molecule has 0 bridgehead atoms. The number of furan rings is 1. The van der Waals surface area contributed by atoms with E-state index in [1.54, 1.807) is 0 Å². The lowest BCUT2D eigenvalue weighted by molar-refractivity contribution is 0.332. The van der Waals surface area contributed by atoms with Gasteiger partial charge in [0.1, 0.15) is 11.2 Å². The number of aromatic nitrogens is 1. The minimum absolute atomic E-state index is 0.0340. The number of rotatable bonds is 6. The zero-order valence-corrected chi connectivity index (χ0v) is 43.3. The van der Waals surface area contributed by atoms with E-state index in [2.05, 4.69) is 225 Å². The fourth-order valence-electron chi connectivity index (χ4n) is 13.4. The van der Waals surface area contributed by atoms with E-state index >= 15 is 0 Å². The molecule has 352 valence electrons. The summed E-state index contributed by atoms with van der Waals surface area (Å²) in [6.07, 6.45) is 4.65. The van der Waals surface area contributed by atoms with Crippen LogP contribution in [0.2, 0.25) is 0 Å². The van der Waals surface area contributed by atoms with Crippen LogP contribution in [0.5, 0.6) is 0 Å². The van der Waals surface area contributed by atoms with Gasteiger partial charge < -0.3 is 14.3 Å². The van der Waals surface area contributed by atoms with E-state index in [1.807, 2.05) is 0 Å². The molecule has 3 heterocycles. The van der Waals surface area contributed by atoms with Crippen molar-refractivity contribution in [3.8, 4) is 16.8 Å². The molecule has 2 aromatic heterocycles. The number of hydrogen-bond donors (Lipinski definition) is 1. The molecule has 2 aliphatic carbocycles.